The van der Waals surface area contributed by atoms with Crippen LogP contribution in [0.3, 0.4) is 0 Å². The highest BCUT2D eigenvalue weighted by Crippen LogP contribution is 2.17. The van der Waals surface area contributed by atoms with Crippen molar-refractivity contribution < 1.29 is 4.74 Å². The van der Waals surface area contributed by atoms with Gasteiger partial charge in [0.1, 0.15) is 20.2 Å². The molecular weight excluding hydrogens is 275 g/mol. The zero-order valence-corrected chi connectivity index (χ0v) is 13.1. The lowest BCUT2D eigenvalue weighted by Gasteiger charge is -2.18. The quantitative estimate of drug-likeness (QED) is 0.752. The third-order valence-corrected chi connectivity index (χ3v) is 3.35. The van der Waals surface area contributed by atoms with E-state index in [-0.39, 0.29) is 0 Å². The molecule has 1 heterocycles. The molecule has 2 aromatic rings. The lowest BCUT2D eigenvalue weighted by atomic mass is 10.0. The van der Waals surface area contributed by atoms with Crippen molar-refractivity contribution in [2.75, 3.05) is 31.6 Å². The van der Waals surface area contributed by atoms with Gasteiger partial charge in [-0.2, -0.15) is 0 Å². The molecule has 2 radical (unpaired) electrons. The molecule has 0 unspecified atom stereocenters. The third-order valence-electron chi connectivity index (χ3n) is 3.35. The monoisotopic (exact) mass is 296 g/mol. The minimum Gasteiger partial charge on any atom is -0.492 e. The van der Waals surface area contributed by atoms with E-state index < -0.39 is 0 Å². The Morgan fingerprint density at radius 3 is 2.32 bits per heavy atom. The molecule has 0 saturated carbocycles. The largest absolute Gasteiger partial charge is 0.492 e. The summed E-state index contributed by atoms with van der Waals surface area (Å²) in [7, 11) is 5.55. The van der Waals surface area contributed by atoms with E-state index in [2.05, 4.69) is 34.0 Å². The van der Waals surface area contributed by atoms with Gasteiger partial charge in [-0.3, -0.25) is 0 Å². The maximum Gasteiger partial charge on any atom is 0.227 e. The first-order valence-electron chi connectivity index (χ1n) is 7.51. The molecule has 6 heteroatoms. The van der Waals surface area contributed by atoms with Gasteiger partial charge in [-0.25, -0.2) is 9.97 Å². The molecule has 0 amide bonds. The maximum atomic E-state index is 5.74. The number of benzene rings is 1. The Labute approximate surface area is 133 Å². The number of hydrogen-bond donors (Lipinski definition) is 1. The van der Waals surface area contributed by atoms with E-state index in [0.29, 0.717) is 18.0 Å². The van der Waals surface area contributed by atoms with Gasteiger partial charge in [-0.05, 0) is 37.4 Å². The second-order valence-corrected chi connectivity index (χ2v) is 4.86. The van der Waals surface area contributed by atoms with E-state index in [1.54, 1.807) is 12.4 Å². The van der Waals surface area contributed by atoms with Gasteiger partial charge in [0.15, 0.2) is 0 Å². The van der Waals surface area contributed by atoms with E-state index >= 15 is 0 Å². The van der Waals surface area contributed by atoms with Crippen LogP contribution in [0.5, 0.6) is 5.75 Å². The Balaban J connectivity index is 1.83. The Morgan fingerprint density at radius 1 is 1.09 bits per heavy atom. The Kier molecular flexibility index (Phi) is 6.21. The normalized spacial score (nSPS) is 10.7. The van der Waals surface area contributed by atoms with Crippen molar-refractivity contribution in [1.29, 1.82) is 0 Å². The zero-order valence-electron chi connectivity index (χ0n) is 13.1. The minimum absolute atomic E-state index is 0.518. The van der Waals surface area contributed by atoms with Crippen LogP contribution in [0.4, 0.5) is 11.6 Å². The summed E-state index contributed by atoms with van der Waals surface area (Å²) < 4.78 is 5.74. The van der Waals surface area contributed by atoms with Gasteiger partial charge in [-0.1, -0.05) is 19.3 Å². The molecule has 0 aliphatic heterocycles. The number of nitrogens with one attached hydrogen (secondary N) is 1. The van der Waals surface area contributed by atoms with Crippen molar-refractivity contribution in [1.82, 2.24) is 14.9 Å². The van der Waals surface area contributed by atoms with Crippen LogP contribution in [0.25, 0.3) is 0 Å². The summed E-state index contributed by atoms with van der Waals surface area (Å²) in [5, 5.41) is 3.11. The van der Waals surface area contributed by atoms with Crippen molar-refractivity contribution in [3.63, 3.8) is 0 Å². The number of anilines is 2. The van der Waals surface area contributed by atoms with E-state index in [0.717, 1.165) is 31.1 Å². The Bertz CT molecular complexity index is 555. The van der Waals surface area contributed by atoms with Gasteiger partial charge in [-0.15, -0.1) is 0 Å². The second kappa shape index (κ2) is 8.39. The van der Waals surface area contributed by atoms with Crippen molar-refractivity contribution in [3.8, 4) is 5.75 Å². The highest BCUT2D eigenvalue weighted by Gasteiger charge is 2.01. The van der Waals surface area contributed by atoms with Crippen LogP contribution in [0, 0.1) is 0 Å². The van der Waals surface area contributed by atoms with Gasteiger partial charge in [0.25, 0.3) is 0 Å². The standard InChI is InChI=1S/C16H21BN4O/c1-3-21(4-2)9-10-22-15-7-5-14(6-8-15)20-16-18-11-13(17)12-19-16/h5-8,11-12H,3-4,9-10H2,1-2H3,(H,18,19,20). The van der Waals surface area contributed by atoms with Gasteiger partial charge >= 0.3 is 0 Å². The molecule has 0 spiro atoms. The fraction of sp³-hybridized carbons (Fsp3) is 0.375. The Hall–Kier alpha value is -2.08. The summed E-state index contributed by atoms with van der Waals surface area (Å²) in [6, 6.07) is 7.74. The lowest BCUT2D eigenvalue weighted by Crippen LogP contribution is -2.27. The highest BCUT2D eigenvalue weighted by molar-refractivity contribution is 6.31. The number of hydrogen-bond acceptors (Lipinski definition) is 5. The number of nitrogens with zero attached hydrogens (tertiary/aromatic N) is 3. The first-order valence-corrected chi connectivity index (χ1v) is 7.51. The van der Waals surface area contributed by atoms with E-state index in [4.69, 9.17) is 12.6 Å². The Morgan fingerprint density at radius 2 is 1.73 bits per heavy atom. The van der Waals surface area contributed by atoms with E-state index in [9.17, 15) is 0 Å². The average molecular weight is 296 g/mol. The van der Waals surface area contributed by atoms with Crippen LogP contribution >= 0.6 is 0 Å². The molecule has 0 atom stereocenters. The molecule has 1 aromatic carbocycles. The van der Waals surface area contributed by atoms with Crippen LogP contribution in [-0.4, -0.2) is 49.0 Å². The number of ether oxygens (including phenoxy) is 1. The summed E-state index contributed by atoms with van der Waals surface area (Å²) in [4.78, 5) is 10.5. The number of rotatable bonds is 8. The van der Waals surface area contributed by atoms with Crippen molar-refractivity contribution in [2.45, 2.75) is 13.8 Å². The predicted molar refractivity (Wildman–Crippen MR) is 90.4 cm³/mol. The minimum atomic E-state index is 0.518. The van der Waals surface area contributed by atoms with Crippen molar-refractivity contribution in [2.24, 2.45) is 0 Å². The molecule has 1 aromatic heterocycles. The molecule has 1 N–H and O–H groups in total. The molecule has 0 aliphatic rings. The zero-order chi connectivity index (χ0) is 15.8. The van der Waals surface area contributed by atoms with Crippen molar-refractivity contribution >= 4 is 24.9 Å². The number of likely N-dealkylation sites (N-methyl/N-ethyl adjacent to an activating group) is 1. The third kappa shape index (κ3) is 5.04. The molecule has 0 aliphatic carbocycles. The molecule has 5 nitrogen and oxygen atoms in total. The first kappa shape index (κ1) is 16.3. The summed E-state index contributed by atoms with van der Waals surface area (Å²) in [5.41, 5.74) is 1.45. The number of aromatic nitrogens is 2. The van der Waals surface area contributed by atoms with Gasteiger partial charge in [0.2, 0.25) is 5.95 Å². The molecule has 22 heavy (non-hydrogen) atoms. The fourth-order valence-corrected chi connectivity index (χ4v) is 2.00. The summed E-state index contributed by atoms with van der Waals surface area (Å²) in [5.74, 6) is 1.38. The van der Waals surface area contributed by atoms with Gasteiger partial charge < -0.3 is 15.0 Å². The van der Waals surface area contributed by atoms with Crippen LogP contribution in [-0.2, 0) is 0 Å². The average Bonchev–Trinajstić information content (AvgIpc) is 2.55. The summed E-state index contributed by atoms with van der Waals surface area (Å²) in [6.07, 6.45) is 3.14. The van der Waals surface area contributed by atoms with E-state index in [1.807, 2.05) is 24.3 Å². The fourth-order valence-electron chi connectivity index (χ4n) is 2.00. The van der Waals surface area contributed by atoms with Gasteiger partial charge in [0, 0.05) is 24.6 Å². The molecule has 114 valence electrons. The summed E-state index contributed by atoms with van der Waals surface area (Å²) >= 11 is 0. The summed E-state index contributed by atoms with van der Waals surface area (Å²) in [6.45, 7) is 8.03. The molecule has 0 saturated heterocycles. The second-order valence-electron chi connectivity index (χ2n) is 4.86. The predicted octanol–water partition coefficient (Wildman–Crippen LogP) is 1.73. The van der Waals surface area contributed by atoms with Crippen LogP contribution in [0.1, 0.15) is 13.8 Å². The SMILES string of the molecule is [B]c1cnc(Nc2ccc(OCCN(CC)CC)cc2)nc1. The van der Waals surface area contributed by atoms with Gasteiger partial charge in [0.05, 0.1) is 0 Å². The van der Waals surface area contributed by atoms with E-state index in [1.165, 1.54) is 0 Å². The maximum absolute atomic E-state index is 5.74. The molecular formula is C16H21BN4O. The first-order chi connectivity index (χ1) is 10.7. The highest BCUT2D eigenvalue weighted by atomic mass is 16.5. The lowest BCUT2D eigenvalue weighted by molar-refractivity contribution is 0.223. The van der Waals surface area contributed by atoms with Crippen molar-refractivity contribution in [3.05, 3.63) is 36.7 Å². The molecule has 0 bridgehead atoms. The van der Waals surface area contributed by atoms with Crippen LogP contribution in [0.15, 0.2) is 36.7 Å². The van der Waals surface area contributed by atoms with Crippen LogP contribution < -0.4 is 15.5 Å². The molecule has 0 fully saturated rings. The molecule has 2 rings (SSSR count). The van der Waals surface area contributed by atoms with Crippen LogP contribution in [0.2, 0.25) is 0 Å². The topological polar surface area (TPSA) is 50.3 Å². The smallest absolute Gasteiger partial charge is 0.227 e.